The number of hydrogen-bond donors (Lipinski definition) is 2. The highest BCUT2D eigenvalue weighted by Gasteiger charge is 2.33. The maximum Gasteiger partial charge on any atom is 0.279 e. The molecule has 6 heteroatoms. The van der Waals surface area contributed by atoms with Crippen LogP contribution in [0.15, 0.2) is 36.4 Å². The molecule has 1 aliphatic heterocycles. The van der Waals surface area contributed by atoms with Gasteiger partial charge in [-0.1, -0.05) is 17.7 Å². The summed E-state index contributed by atoms with van der Waals surface area (Å²) in [7, 11) is 3.31. The van der Waals surface area contributed by atoms with Crippen LogP contribution in [0.5, 0.6) is 11.5 Å². The van der Waals surface area contributed by atoms with Crippen LogP contribution in [-0.2, 0) is 4.79 Å². The Balaban J connectivity index is 1.73. The first-order valence-corrected chi connectivity index (χ1v) is 9.52. The molecule has 144 valence electrons. The number of nitrogens with one attached hydrogen (secondary N) is 2. The van der Waals surface area contributed by atoms with Crippen molar-refractivity contribution in [3.63, 3.8) is 0 Å². The molecular weight excluding hydrogens is 364 g/mol. The summed E-state index contributed by atoms with van der Waals surface area (Å²) in [6.45, 7) is 3.28. The number of halogens is 1. The summed E-state index contributed by atoms with van der Waals surface area (Å²) in [5.74, 6) is 1.57. The lowest BCUT2D eigenvalue weighted by Gasteiger charge is -2.23. The van der Waals surface area contributed by atoms with Crippen LogP contribution in [0.1, 0.15) is 30.0 Å². The van der Waals surface area contributed by atoms with Crippen molar-refractivity contribution in [1.82, 2.24) is 0 Å². The highest BCUT2D eigenvalue weighted by Crippen LogP contribution is 2.31. The Morgan fingerprint density at radius 3 is 2.81 bits per heavy atom. The van der Waals surface area contributed by atoms with E-state index in [9.17, 15) is 4.79 Å². The Morgan fingerprint density at radius 1 is 1.26 bits per heavy atom. The van der Waals surface area contributed by atoms with Crippen LogP contribution in [0.25, 0.3) is 0 Å². The molecule has 2 aromatic carbocycles. The molecule has 0 aliphatic carbocycles. The van der Waals surface area contributed by atoms with E-state index < -0.39 is 0 Å². The van der Waals surface area contributed by atoms with E-state index in [2.05, 4.69) is 5.32 Å². The summed E-state index contributed by atoms with van der Waals surface area (Å²) in [5, 5.41) is 3.66. The normalized spacial score (nSPS) is 19.0. The molecule has 2 atom stereocenters. The summed E-state index contributed by atoms with van der Waals surface area (Å²) < 4.78 is 10.9. The minimum atomic E-state index is -0.00487. The molecule has 5 nitrogen and oxygen atoms in total. The van der Waals surface area contributed by atoms with Gasteiger partial charge in [0.1, 0.15) is 17.5 Å². The largest absolute Gasteiger partial charge is 0.497 e. The Hall–Kier alpha value is -2.24. The number of anilines is 1. The Bertz CT molecular complexity index is 825. The number of benzene rings is 2. The smallest absolute Gasteiger partial charge is 0.279 e. The van der Waals surface area contributed by atoms with Crippen molar-refractivity contribution in [3.8, 4) is 11.5 Å². The van der Waals surface area contributed by atoms with Crippen LogP contribution in [-0.4, -0.2) is 33.2 Å². The van der Waals surface area contributed by atoms with E-state index in [0.717, 1.165) is 47.7 Å². The number of rotatable bonds is 6. The molecule has 1 aliphatic rings. The first-order valence-electron chi connectivity index (χ1n) is 9.15. The van der Waals surface area contributed by atoms with E-state index in [1.54, 1.807) is 14.2 Å². The Kier molecular flexibility index (Phi) is 6.24. The molecule has 3 rings (SSSR count). The summed E-state index contributed by atoms with van der Waals surface area (Å²) in [5.41, 5.74) is 2.78. The number of amides is 1. The van der Waals surface area contributed by atoms with Crippen LogP contribution in [0.2, 0.25) is 5.02 Å². The Labute approximate surface area is 165 Å². The van der Waals surface area contributed by atoms with Gasteiger partial charge in [-0.25, -0.2) is 0 Å². The SMILES string of the molecule is COc1ccc([C@@H]2CCC[NH+]2CC(=O)Nc2cccc(Cl)c2C)c(OC)c1. The number of carbonyl (C=O) groups excluding carboxylic acids is 1. The molecule has 0 aromatic heterocycles. The lowest BCUT2D eigenvalue weighted by molar-refractivity contribution is -0.910. The minimum absolute atomic E-state index is 0.00487. The highest BCUT2D eigenvalue weighted by molar-refractivity contribution is 6.31. The van der Waals surface area contributed by atoms with Crippen LogP contribution < -0.4 is 19.7 Å². The van der Waals surface area contributed by atoms with E-state index in [-0.39, 0.29) is 11.9 Å². The monoisotopic (exact) mass is 389 g/mol. The average molecular weight is 390 g/mol. The fourth-order valence-corrected chi connectivity index (χ4v) is 3.92. The van der Waals surface area contributed by atoms with E-state index in [1.807, 2.05) is 43.3 Å². The molecule has 0 spiro atoms. The average Bonchev–Trinajstić information content (AvgIpc) is 3.12. The molecule has 1 fully saturated rings. The van der Waals surface area contributed by atoms with Gasteiger partial charge in [-0.3, -0.25) is 4.79 Å². The standard InChI is InChI=1S/C21H25ClN2O3/c1-14-17(22)6-4-7-18(14)23-21(25)13-24-11-5-8-19(24)16-10-9-15(26-2)12-20(16)27-3/h4,6-7,9-10,12,19H,5,8,11,13H2,1-3H3,(H,23,25)/p+1/t19-/m0/s1. The first-order chi connectivity index (χ1) is 13.0. The van der Waals surface area contributed by atoms with Crippen molar-refractivity contribution in [2.75, 3.05) is 32.6 Å². The lowest BCUT2D eigenvalue weighted by atomic mass is 10.0. The van der Waals surface area contributed by atoms with Gasteiger partial charge < -0.3 is 19.7 Å². The maximum absolute atomic E-state index is 12.6. The zero-order valence-corrected chi connectivity index (χ0v) is 16.7. The predicted molar refractivity (Wildman–Crippen MR) is 107 cm³/mol. The molecule has 27 heavy (non-hydrogen) atoms. The molecule has 0 saturated carbocycles. The molecule has 1 amide bonds. The second-order valence-electron chi connectivity index (χ2n) is 6.85. The second kappa shape index (κ2) is 8.63. The van der Waals surface area contributed by atoms with Crippen LogP contribution in [0, 0.1) is 6.92 Å². The fraction of sp³-hybridized carbons (Fsp3) is 0.381. The van der Waals surface area contributed by atoms with Crippen molar-refractivity contribution in [1.29, 1.82) is 0 Å². The van der Waals surface area contributed by atoms with Crippen molar-refractivity contribution < 1.29 is 19.2 Å². The molecule has 2 aromatic rings. The predicted octanol–water partition coefficient (Wildman–Crippen LogP) is 3.02. The van der Waals surface area contributed by atoms with Crippen LogP contribution in [0.4, 0.5) is 5.69 Å². The van der Waals surface area contributed by atoms with Gasteiger partial charge in [0.05, 0.1) is 26.3 Å². The van der Waals surface area contributed by atoms with Gasteiger partial charge in [-0.2, -0.15) is 0 Å². The lowest BCUT2D eigenvalue weighted by Crippen LogP contribution is -3.11. The molecular formula is C21H26ClN2O3+. The molecule has 2 N–H and O–H groups in total. The summed E-state index contributed by atoms with van der Waals surface area (Å²) in [6.07, 6.45) is 2.11. The summed E-state index contributed by atoms with van der Waals surface area (Å²) >= 11 is 6.15. The van der Waals surface area contributed by atoms with Gasteiger partial charge in [0, 0.05) is 29.6 Å². The summed E-state index contributed by atoms with van der Waals surface area (Å²) in [6, 6.07) is 11.7. The van der Waals surface area contributed by atoms with Gasteiger partial charge in [-0.15, -0.1) is 0 Å². The van der Waals surface area contributed by atoms with Crippen LogP contribution in [0.3, 0.4) is 0 Å². The van der Waals surface area contributed by atoms with Crippen molar-refractivity contribution in [2.45, 2.75) is 25.8 Å². The first kappa shape index (κ1) is 19.5. The minimum Gasteiger partial charge on any atom is -0.497 e. The van der Waals surface area contributed by atoms with Gasteiger partial charge in [0.25, 0.3) is 5.91 Å². The van der Waals surface area contributed by atoms with Gasteiger partial charge >= 0.3 is 0 Å². The van der Waals surface area contributed by atoms with E-state index in [4.69, 9.17) is 21.1 Å². The Morgan fingerprint density at radius 2 is 2.07 bits per heavy atom. The number of likely N-dealkylation sites (tertiary alicyclic amines) is 1. The van der Waals surface area contributed by atoms with Crippen molar-refractivity contribution in [2.24, 2.45) is 0 Å². The number of hydrogen-bond acceptors (Lipinski definition) is 3. The molecule has 1 saturated heterocycles. The van der Waals surface area contributed by atoms with E-state index >= 15 is 0 Å². The fourth-order valence-electron chi connectivity index (χ4n) is 3.75. The topological polar surface area (TPSA) is 52.0 Å². The quantitative estimate of drug-likeness (QED) is 0.798. The molecule has 0 bridgehead atoms. The van der Waals surface area contributed by atoms with Gasteiger partial charge in [-0.05, 0) is 36.8 Å². The maximum atomic E-state index is 12.6. The van der Waals surface area contributed by atoms with Crippen molar-refractivity contribution >= 4 is 23.2 Å². The number of quaternary nitrogens is 1. The molecule has 1 unspecified atom stereocenters. The van der Waals surface area contributed by atoms with E-state index in [0.29, 0.717) is 11.6 Å². The zero-order chi connectivity index (χ0) is 19.4. The second-order valence-corrected chi connectivity index (χ2v) is 7.26. The third-order valence-corrected chi connectivity index (χ3v) is 5.64. The number of methoxy groups -OCH3 is 2. The van der Waals surface area contributed by atoms with E-state index in [1.165, 1.54) is 4.90 Å². The molecule has 0 radical (unpaired) electrons. The summed E-state index contributed by atoms with van der Waals surface area (Å²) in [4.78, 5) is 13.9. The molecule has 1 heterocycles. The van der Waals surface area contributed by atoms with Gasteiger partial charge in [0.2, 0.25) is 0 Å². The van der Waals surface area contributed by atoms with Crippen molar-refractivity contribution in [3.05, 3.63) is 52.5 Å². The third kappa shape index (κ3) is 4.37. The van der Waals surface area contributed by atoms with Crippen LogP contribution >= 0.6 is 11.6 Å². The number of ether oxygens (including phenoxy) is 2. The highest BCUT2D eigenvalue weighted by atomic mass is 35.5. The zero-order valence-electron chi connectivity index (χ0n) is 16.0. The number of carbonyl (C=O) groups is 1. The van der Waals surface area contributed by atoms with Gasteiger partial charge in [0.15, 0.2) is 6.54 Å². The third-order valence-electron chi connectivity index (χ3n) is 5.23.